The van der Waals surface area contributed by atoms with E-state index >= 15 is 0 Å². The number of halogens is 1. The van der Waals surface area contributed by atoms with E-state index in [1.807, 2.05) is 18.7 Å². The monoisotopic (exact) mass is 335 g/mol. The lowest BCUT2D eigenvalue weighted by Crippen LogP contribution is -2.29. The molecule has 1 fully saturated rings. The average Bonchev–Trinajstić information content (AvgIpc) is 2.92. The van der Waals surface area contributed by atoms with Crippen LogP contribution in [0.25, 0.3) is 0 Å². The molecule has 0 radical (unpaired) electrons. The van der Waals surface area contributed by atoms with Gasteiger partial charge in [0.15, 0.2) is 0 Å². The first-order valence-corrected chi connectivity index (χ1v) is 9.51. The molecule has 0 aliphatic carbocycles. The number of thioether (sulfide) groups is 1. The highest BCUT2D eigenvalue weighted by molar-refractivity contribution is 7.99. The molecule has 1 aromatic heterocycles. The number of anilines is 1. The summed E-state index contributed by atoms with van der Waals surface area (Å²) in [7, 11) is -3.54. The Hall–Kier alpha value is -0.500. The maximum Gasteiger partial charge on any atom is 0.242 e. The van der Waals surface area contributed by atoms with Crippen molar-refractivity contribution in [1.82, 2.24) is 9.71 Å². The predicted molar refractivity (Wildman–Crippen MR) is 84.0 cm³/mol. The van der Waals surface area contributed by atoms with E-state index in [-0.39, 0.29) is 4.90 Å². The molecule has 5 nitrogen and oxygen atoms in total. The molecule has 0 saturated carbocycles. The number of pyridine rings is 1. The lowest BCUT2D eigenvalue weighted by Gasteiger charge is -2.12. The maximum atomic E-state index is 12.2. The summed E-state index contributed by atoms with van der Waals surface area (Å²) in [5, 5.41) is 3.28. The van der Waals surface area contributed by atoms with Crippen molar-refractivity contribution in [2.45, 2.75) is 18.2 Å². The fourth-order valence-electron chi connectivity index (χ4n) is 1.92. The molecule has 112 valence electrons. The normalized spacial score (nSPS) is 19.2. The van der Waals surface area contributed by atoms with Crippen molar-refractivity contribution >= 4 is 39.2 Å². The fourth-order valence-corrected chi connectivity index (χ4v) is 4.59. The molecule has 1 saturated heterocycles. The van der Waals surface area contributed by atoms with Gasteiger partial charge in [0.2, 0.25) is 10.0 Å². The van der Waals surface area contributed by atoms with Crippen LogP contribution in [0, 0.1) is 5.92 Å². The molecule has 0 amide bonds. The van der Waals surface area contributed by atoms with Crippen molar-refractivity contribution in [3.05, 3.63) is 17.3 Å². The summed E-state index contributed by atoms with van der Waals surface area (Å²) in [6.45, 7) is 3.07. The van der Waals surface area contributed by atoms with Gasteiger partial charge < -0.3 is 5.32 Å². The summed E-state index contributed by atoms with van der Waals surface area (Å²) < 4.78 is 27.0. The van der Waals surface area contributed by atoms with Gasteiger partial charge in [0, 0.05) is 19.3 Å². The first kappa shape index (κ1) is 15.9. The van der Waals surface area contributed by atoms with Gasteiger partial charge in [0.25, 0.3) is 0 Å². The molecule has 2 heterocycles. The number of rotatable bonds is 6. The zero-order chi connectivity index (χ0) is 14.6. The van der Waals surface area contributed by atoms with Gasteiger partial charge in [0.05, 0.1) is 5.02 Å². The Kier molecular flexibility index (Phi) is 5.54. The highest BCUT2D eigenvalue weighted by Crippen LogP contribution is 2.24. The molecule has 2 N–H and O–H groups in total. The van der Waals surface area contributed by atoms with Crippen LogP contribution in [0.4, 0.5) is 5.82 Å². The van der Waals surface area contributed by atoms with Crippen molar-refractivity contribution in [2.75, 3.05) is 29.9 Å². The van der Waals surface area contributed by atoms with Crippen molar-refractivity contribution < 1.29 is 8.42 Å². The van der Waals surface area contributed by atoms with Crippen LogP contribution in [-0.4, -0.2) is 38.0 Å². The largest absolute Gasteiger partial charge is 0.369 e. The second-order valence-electron chi connectivity index (χ2n) is 4.61. The minimum Gasteiger partial charge on any atom is -0.369 e. The number of nitrogens with one attached hydrogen (secondary N) is 2. The molecule has 2 rings (SSSR count). The van der Waals surface area contributed by atoms with Crippen molar-refractivity contribution in [3.63, 3.8) is 0 Å². The minimum absolute atomic E-state index is 0.106. The van der Waals surface area contributed by atoms with Crippen molar-refractivity contribution in [1.29, 1.82) is 0 Å². The van der Waals surface area contributed by atoms with E-state index in [1.165, 1.54) is 12.3 Å². The molecular weight excluding hydrogens is 318 g/mol. The molecule has 8 heteroatoms. The third-order valence-electron chi connectivity index (χ3n) is 3.06. The van der Waals surface area contributed by atoms with Gasteiger partial charge in [-0.1, -0.05) is 11.6 Å². The summed E-state index contributed by atoms with van der Waals surface area (Å²) >= 11 is 7.88. The van der Waals surface area contributed by atoms with Crippen LogP contribution in [0.15, 0.2) is 17.2 Å². The predicted octanol–water partition coefficient (Wildman–Crippen LogP) is 2.20. The Morgan fingerprint density at radius 3 is 2.95 bits per heavy atom. The van der Waals surface area contributed by atoms with E-state index in [0.717, 1.165) is 17.9 Å². The molecule has 1 aliphatic rings. The van der Waals surface area contributed by atoms with E-state index < -0.39 is 10.0 Å². The van der Waals surface area contributed by atoms with E-state index in [9.17, 15) is 8.42 Å². The van der Waals surface area contributed by atoms with Crippen LogP contribution < -0.4 is 10.0 Å². The molecule has 1 aromatic rings. The zero-order valence-electron chi connectivity index (χ0n) is 11.2. The third kappa shape index (κ3) is 4.00. The number of aromatic nitrogens is 1. The summed E-state index contributed by atoms with van der Waals surface area (Å²) in [5.41, 5.74) is 0. The fraction of sp³-hybridized carbons (Fsp3) is 0.583. The highest BCUT2D eigenvalue weighted by atomic mass is 35.5. The second kappa shape index (κ2) is 6.98. The summed E-state index contributed by atoms with van der Waals surface area (Å²) in [6.07, 6.45) is 2.39. The summed E-state index contributed by atoms with van der Waals surface area (Å²) in [6, 6.07) is 1.43. The topological polar surface area (TPSA) is 71.1 Å². The van der Waals surface area contributed by atoms with E-state index in [0.29, 0.717) is 29.8 Å². The summed E-state index contributed by atoms with van der Waals surface area (Å²) in [5.74, 6) is 3.04. The Bertz CT molecular complexity index is 560. The molecule has 1 aliphatic heterocycles. The first-order chi connectivity index (χ1) is 9.53. The van der Waals surface area contributed by atoms with Crippen molar-refractivity contribution in [2.24, 2.45) is 5.92 Å². The molecule has 1 atom stereocenters. The molecule has 0 spiro atoms. The highest BCUT2D eigenvalue weighted by Gasteiger charge is 2.21. The number of sulfonamides is 1. The standard InChI is InChI=1S/C12H18ClN3O2S2/c1-2-14-12-11(13)5-10(7-15-12)20(17,18)16-6-9-3-4-19-8-9/h5,7,9,16H,2-4,6,8H2,1H3,(H,14,15). The Labute approximate surface area is 128 Å². The van der Waals surface area contributed by atoms with Crippen LogP contribution in [0.5, 0.6) is 0 Å². The SMILES string of the molecule is CCNc1ncc(S(=O)(=O)NCC2CCSC2)cc1Cl. The molecule has 20 heavy (non-hydrogen) atoms. The zero-order valence-corrected chi connectivity index (χ0v) is 13.6. The third-order valence-corrected chi connectivity index (χ3v) is 5.97. The van der Waals surface area contributed by atoms with Crippen LogP contribution in [0.2, 0.25) is 5.02 Å². The van der Waals surface area contributed by atoms with Crippen LogP contribution in [0.1, 0.15) is 13.3 Å². The molecule has 1 unspecified atom stereocenters. The van der Waals surface area contributed by atoms with Gasteiger partial charge in [-0.2, -0.15) is 11.8 Å². The van der Waals surface area contributed by atoms with Gasteiger partial charge in [0.1, 0.15) is 10.7 Å². The van der Waals surface area contributed by atoms with Gasteiger partial charge in [-0.05, 0) is 36.8 Å². The Morgan fingerprint density at radius 2 is 2.35 bits per heavy atom. The van der Waals surface area contributed by atoms with Gasteiger partial charge >= 0.3 is 0 Å². The first-order valence-electron chi connectivity index (χ1n) is 6.49. The summed E-state index contributed by atoms with van der Waals surface area (Å²) in [4.78, 5) is 4.15. The van der Waals surface area contributed by atoms with E-state index in [1.54, 1.807) is 0 Å². The van der Waals surface area contributed by atoms with Crippen molar-refractivity contribution in [3.8, 4) is 0 Å². The van der Waals surface area contributed by atoms with E-state index in [4.69, 9.17) is 11.6 Å². The van der Waals surface area contributed by atoms with Crippen LogP contribution in [0.3, 0.4) is 0 Å². The van der Waals surface area contributed by atoms with E-state index in [2.05, 4.69) is 15.0 Å². The Balaban J connectivity index is 2.06. The Morgan fingerprint density at radius 1 is 1.55 bits per heavy atom. The average molecular weight is 336 g/mol. The number of hydrogen-bond donors (Lipinski definition) is 2. The lowest BCUT2D eigenvalue weighted by molar-refractivity contribution is 0.545. The number of nitrogens with zero attached hydrogens (tertiary/aromatic N) is 1. The van der Waals surface area contributed by atoms with Gasteiger partial charge in [-0.25, -0.2) is 18.1 Å². The lowest BCUT2D eigenvalue weighted by atomic mass is 10.1. The van der Waals surface area contributed by atoms with Gasteiger partial charge in [-0.3, -0.25) is 0 Å². The smallest absolute Gasteiger partial charge is 0.242 e. The quantitative estimate of drug-likeness (QED) is 0.834. The number of hydrogen-bond acceptors (Lipinski definition) is 5. The molecular formula is C12H18ClN3O2S2. The van der Waals surface area contributed by atoms with Crippen LogP contribution >= 0.6 is 23.4 Å². The molecule has 0 bridgehead atoms. The maximum absolute atomic E-state index is 12.2. The second-order valence-corrected chi connectivity index (χ2v) is 7.94. The van der Waals surface area contributed by atoms with Crippen LogP contribution in [-0.2, 0) is 10.0 Å². The minimum atomic E-state index is -3.54. The molecule has 0 aromatic carbocycles. The van der Waals surface area contributed by atoms with Gasteiger partial charge in [-0.15, -0.1) is 0 Å².